The van der Waals surface area contributed by atoms with Crippen LogP contribution in [0.2, 0.25) is 0 Å². The molecular weight excluding hydrogens is 405 g/mol. The van der Waals surface area contributed by atoms with Crippen LogP contribution in [0.4, 0.5) is 10.1 Å². The molecule has 0 amide bonds. The maximum absolute atomic E-state index is 13.4. The second-order valence-electron chi connectivity index (χ2n) is 7.82. The fourth-order valence-electron chi connectivity index (χ4n) is 4.12. The van der Waals surface area contributed by atoms with Crippen LogP contribution >= 0.6 is 0 Å². The minimum Gasteiger partial charge on any atom is -0.495 e. The Hall–Kier alpha value is -3.87. The van der Waals surface area contributed by atoms with Crippen LogP contribution < -0.4 is 9.75 Å². The highest BCUT2D eigenvalue weighted by Crippen LogP contribution is 2.31. The summed E-state index contributed by atoms with van der Waals surface area (Å²) in [5.41, 5.74) is 5.00. The second-order valence-corrected chi connectivity index (χ2v) is 7.82. The highest BCUT2D eigenvalue weighted by Gasteiger charge is 2.27. The molecule has 3 aromatic rings. The molecule has 0 spiro atoms. The summed E-state index contributed by atoms with van der Waals surface area (Å²) in [7, 11) is 1.68. The SMILES string of the molecule is COc1cc(C=C2CCCN3C2=NC=CN3c2ccc(F)cc2)ccc1-n1cnc(C)c1. The molecule has 2 aromatic carbocycles. The van der Waals surface area contributed by atoms with Crippen molar-refractivity contribution in [2.75, 3.05) is 18.7 Å². The molecule has 0 unspecified atom stereocenters. The van der Waals surface area contributed by atoms with Gasteiger partial charge >= 0.3 is 0 Å². The van der Waals surface area contributed by atoms with Gasteiger partial charge in [-0.15, -0.1) is 0 Å². The van der Waals surface area contributed by atoms with Crippen molar-refractivity contribution in [3.05, 3.63) is 90.0 Å². The predicted molar refractivity (Wildman–Crippen MR) is 124 cm³/mol. The van der Waals surface area contributed by atoms with E-state index in [9.17, 15) is 4.39 Å². The molecule has 0 aliphatic carbocycles. The third-order valence-corrected chi connectivity index (χ3v) is 5.64. The van der Waals surface area contributed by atoms with Gasteiger partial charge in [0, 0.05) is 25.1 Å². The summed E-state index contributed by atoms with van der Waals surface area (Å²) >= 11 is 0. The Morgan fingerprint density at radius 1 is 1.12 bits per heavy atom. The molecular formula is C25H24FN5O. The topological polar surface area (TPSA) is 45.9 Å². The van der Waals surface area contributed by atoms with Gasteiger partial charge in [-0.3, -0.25) is 10.0 Å². The van der Waals surface area contributed by atoms with Gasteiger partial charge in [0.15, 0.2) is 5.84 Å². The van der Waals surface area contributed by atoms with Gasteiger partial charge in [-0.2, -0.15) is 0 Å². The van der Waals surface area contributed by atoms with Crippen molar-refractivity contribution in [1.82, 2.24) is 14.6 Å². The second kappa shape index (κ2) is 8.34. The molecule has 7 heteroatoms. The zero-order chi connectivity index (χ0) is 22.1. The standard InChI is InChI=1S/C25H24FN5O/c1-18-16-29(17-28-18)23-10-5-19(15-24(23)32-2)14-20-4-3-12-31-25(20)27-11-13-30(31)22-8-6-21(26)7-9-22/h5-11,13-17H,3-4,12H2,1-2H3. The summed E-state index contributed by atoms with van der Waals surface area (Å²) in [6.07, 6.45) is 11.6. The first-order chi connectivity index (χ1) is 15.6. The van der Waals surface area contributed by atoms with Gasteiger partial charge in [-0.05, 0) is 73.4 Å². The third-order valence-electron chi connectivity index (χ3n) is 5.64. The summed E-state index contributed by atoms with van der Waals surface area (Å²) in [6, 6.07) is 12.7. The quantitative estimate of drug-likeness (QED) is 0.578. The zero-order valence-corrected chi connectivity index (χ0v) is 18.1. The Labute approximate surface area is 186 Å². The van der Waals surface area contributed by atoms with E-state index >= 15 is 0 Å². The van der Waals surface area contributed by atoms with E-state index in [1.165, 1.54) is 12.1 Å². The van der Waals surface area contributed by atoms with E-state index in [0.717, 1.165) is 59.2 Å². The monoisotopic (exact) mass is 429 g/mol. The molecule has 0 bridgehead atoms. The molecule has 0 saturated carbocycles. The van der Waals surface area contributed by atoms with E-state index in [1.807, 2.05) is 41.0 Å². The average Bonchev–Trinajstić information content (AvgIpc) is 3.25. The number of aromatic nitrogens is 2. The number of hydrogen-bond acceptors (Lipinski definition) is 5. The Morgan fingerprint density at radius 2 is 1.97 bits per heavy atom. The number of benzene rings is 2. The lowest BCUT2D eigenvalue weighted by Gasteiger charge is -2.41. The molecule has 3 heterocycles. The third kappa shape index (κ3) is 3.77. The molecule has 0 N–H and O–H groups in total. The first-order valence-electron chi connectivity index (χ1n) is 10.6. The number of halogens is 1. The number of amidine groups is 1. The van der Waals surface area contributed by atoms with Crippen molar-refractivity contribution in [2.45, 2.75) is 19.8 Å². The van der Waals surface area contributed by atoms with Gasteiger partial charge in [0.25, 0.3) is 0 Å². The molecule has 5 rings (SSSR count). The molecule has 1 aromatic heterocycles. The number of anilines is 1. The summed E-state index contributed by atoms with van der Waals surface area (Å²) < 4.78 is 21.0. The van der Waals surface area contributed by atoms with E-state index in [-0.39, 0.29) is 5.82 Å². The summed E-state index contributed by atoms with van der Waals surface area (Å²) in [5.74, 6) is 1.45. The number of fused-ring (bicyclic) bond motifs is 1. The van der Waals surface area contributed by atoms with Crippen LogP contribution in [-0.2, 0) is 0 Å². The van der Waals surface area contributed by atoms with E-state index in [0.29, 0.717) is 0 Å². The van der Waals surface area contributed by atoms with Crippen LogP contribution in [0.15, 0.2) is 78.0 Å². The molecule has 162 valence electrons. The minimum atomic E-state index is -0.244. The van der Waals surface area contributed by atoms with Crippen molar-refractivity contribution in [1.29, 1.82) is 0 Å². The number of imidazole rings is 1. The Bertz CT molecular complexity index is 1230. The molecule has 0 radical (unpaired) electrons. The van der Waals surface area contributed by atoms with Crippen LogP contribution in [0.5, 0.6) is 5.75 Å². The van der Waals surface area contributed by atoms with Gasteiger partial charge in [-0.25, -0.2) is 14.4 Å². The molecule has 1 saturated heterocycles. The number of nitrogens with zero attached hydrogens (tertiary/aromatic N) is 5. The van der Waals surface area contributed by atoms with E-state index in [2.05, 4.69) is 27.1 Å². The lowest BCUT2D eigenvalue weighted by atomic mass is 10.0. The first kappa shape index (κ1) is 20.1. The summed E-state index contributed by atoms with van der Waals surface area (Å²) in [6.45, 7) is 2.81. The number of piperidine rings is 1. The van der Waals surface area contributed by atoms with Crippen molar-refractivity contribution < 1.29 is 9.13 Å². The molecule has 1 fully saturated rings. The number of rotatable bonds is 4. The maximum Gasteiger partial charge on any atom is 0.150 e. The largest absolute Gasteiger partial charge is 0.495 e. The number of aryl methyl sites for hydroxylation is 1. The van der Waals surface area contributed by atoms with Crippen LogP contribution in [0.3, 0.4) is 0 Å². The van der Waals surface area contributed by atoms with Crippen LogP contribution in [-0.4, -0.2) is 34.1 Å². The zero-order valence-electron chi connectivity index (χ0n) is 18.1. The van der Waals surface area contributed by atoms with Gasteiger partial charge < -0.3 is 9.30 Å². The average molecular weight is 429 g/mol. The Balaban J connectivity index is 1.46. The van der Waals surface area contributed by atoms with Gasteiger partial charge in [0.05, 0.1) is 30.5 Å². The number of ether oxygens (including phenoxy) is 1. The Morgan fingerprint density at radius 3 is 2.72 bits per heavy atom. The molecule has 32 heavy (non-hydrogen) atoms. The molecule has 2 aliphatic rings. The van der Waals surface area contributed by atoms with Crippen molar-refractivity contribution >= 4 is 17.6 Å². The van der Waals surface area contributed by atoms with Gasteiger partial charge in [-0.1, -0.05) is 6.07 Å². The van der Waals surface area contributed by atoms with Crippen LogP contribution in [0, 0.1) is 12.7 Å². The van der Waals surface area contributed by atoms with Crippen molar-refractivity contribution in [3.8, 4) is 11.4 Å². The van der Waals surface area contributed by atoms with Crippen LogP contribution in [0.1, 0.15) is 24.1 Å². The van der Waals surface area contributed by atoms with Crippen LogP contribution in [0.25, 0.3) is 11.8 Å². The highest BCUT2D eigenvalue weighted by atomic mass is 19.1. The number of aliphatic imine (C=N–C) groups is 1. The van der Waals surface area contributed by atoms with E-state index in [4.69, 9.17) is 4.74 Å². The van der Waals surface area contributed by atoms with E-state index in [1.54, 1.807) is 31.8 Å². The fraction of sp³-hybridized carbons (Fsp3) is 0.200. The van der Waals surface area contributed by atoms with Gasteiger partial charge in [0.1, 0.15) is 11.6 Å². The summed E-state index contributed by atoms with van der Waals surface area (Å²) in [5, 5.41) is 4.17. The maximum atomic E-state index is 13.4. The van der Waals surface area contributed by atoms with Crippen molar-refractivity contribution in [2.24, 2.45) is 4.99 Å². The number of methoxy groups -OCH3 is 1. The fourth-order valence-corrected chi connectivity index (χ4v) is 4.12. The molecule has 2 aliphatic heterocycles. The van der Waals surface area contributed by atoms with Gasteiger partial charge in [0.2, 0.25) is 0 Å². The van der Waals surface area contributed by atoms with Crippen molar-refractivity contribution in [3.63, 3.8) is 0 Å². The smallest absolute Gasteiger partial charge is 0.150 e. The lowest BCUT2D eigenvalue weighted by Crippen LogP contribution is -2.48. The Kier molecular flexibility index (Phi) is 5.23. The van der Waals surface area contributed by atoms with E-state index < -0.39 is 0 Å². The normalized spacial score (nSPS) is 16.8. The predicted octanol–water partition coefficient (Wildman–Crippen LogP) is 5.11. The lowest BCUT2D eigenvalue weighted by molar-refractivity contribution is 0.390. The highest BCUT2D eigenvalue weighted by molar-refractivity contribution is 6.04. The number of hydrogen-bond donors (Lipinski definition) is 0. The summed E-state index contributed by atoms with van der Waals surface area (Å²) in [4.78, 5) is 8.98. The first-order valence-corrected chi connectivity index (χ1v) is 10.6. The molecule has 6 nitrogen and oxygen atoms in total. The minimum absolute atomic E-state index is 0.244. The number of hydrazine groups is 1. The molecule has 0 atom stereocenters.